The van der Waals surface area contributed by atoms with Crippen LogP contribution in [0.1, 0.15) is 34.8 Å². The molecule has 2 heterocycles. The highest BCUT2D eigenvalue weighted by molar-refractivity contribution is 8.00. The van der Waals surface area contributed by atoms with Gasteiger partial charge in [-0.15, -0.1) is 4.40 Å². The van der Waals surface area contributed by atoms with Gasteiger partial charge >= 0.3 is 0 Å². The van der Waals surface area contributed by atoms with Gasteiger partial charge in [0.05, 0.1) is 0 Å². The van der Waals surface area contributed by atoms with Crippen LogP contribution in [0.2, 0.25) is 0 Å². The Kier molecular flexibility index (Phi) is 5.47. The number of benzene rings is 2. The molecule has 0 bridgehead atoms. The van der Waals surface area contributed by atoms with E-state index >= 15 is 0 Å². The van der Waals surface area contributed by atoms with Gasteiger partial charge in [0.15, 0.2) is 0 Å². The van der Waals surface area contributed by atoms with Crippen LogP contribution in [0.15, 0.2) is 64.6 Å². The van der Waals surface area contributed by atoms with E-state index in [-0.39, 0.29) is 10.8 Å². The standard InChI is InChI=1S/C23H25N3O3S/c1-17-9-11-20(12-10-17)23(27)26-14-6-13-25(15-16-26)22-18(2)21(30(28,29)24-22)19-7-4-3-5-8-19/h3-5,7-12H,6,13-16H2,1-2H3. The molecule has 2 aliphatic heterocycles. The number of carbonyl (C=O) groups is 1. The zero-order valence-electron chi connectivity index (χ0n) is 17.2. The molecule has 0 unspecified atom stereocenters. The number of nitrogens with zero attached hydrogens (tertiary/aromatic N) is 3. The Labute approximate surface area is 177 Å². The van der Waals surface area contributed by atoms with E-state index in [1.807, 2.05) is 66.1 Å². The minimum atomic E-state index is -3.73. The Morgan fingerprint density at radius 1 is 0.900 bits per heavy atom. The van der Waals surface area contributed by atoms with E-state index in [1.165, 1.54) is 0 Å². The highest BCUT2D eigenvalue weighted by Crippen LogP contribution is 2.33. The highest BCUT2D eigenvalue weighted by Gasteiger charge is 2.34. The van der Waals surface area contributed by atoms with Crippen LogP contribution < -0.4 is 0 Å². The molecule has 2 aromatic carbocycles. The molecule has 0 N–H and O–H groups in total. The first-order valence-corrected chi connectivity index (χ1v) is 11.5. The molecule has 0 aliphatic carbocycles. The summed E-state index contributed by atoms with van der Waals surface area (Å²) < 4.78 is 29.6. The van der Waals surface area contributed by atoms with Crippen molar-refractivity contribution in [2.75, 3.05) is 26.2 Å². The average molecular weight is 424 g/mol. The topological polar surface area (TPSA) is 70.1 Å². The fourth-order valence-corrected chi connectivity index (χ4v) is 5.47. The van der Waals surface area contributed by atoms with E-state index in [4.69, 9.17) is 0 Å². The van der Waals surface area contributed by atoms with Crippen molar-refractivity contribution in [1.29, 1.82) is 0 Å². The summed E-state index contributed by atoms with van der Waals surface area (Å²) >= 11 is 0. The molecule has 0 radical (unpaired) electrons. The molecule has 0 spiro atoms. The molecular formula is C23H25N3O3S. The second-order valence-corrected chi connectivity index (χ2v) is 9.25. The third-order valence-corrected chi connectivity index (χ3v) is 7.03. The lowest BCUT2D eigenvalue weighted by Crippen LogP contribution is -2.37. The Balaban J connectivity index is 1.54. The van der Waals surface area contributed by atoms with E-state index in [0.29, 0.717) is 48.7 Å². The summed E-state index contributed by atoms with van der Waals surface area (Å²) in [6, 6.07) is 16.7. The van der Waals surface area contributed by atoms with Crippen molar-refractivity contribution in [1.82, 2.24) is 9.80 Å². The molecule has 0 atom stereocenters. The van der Waals surface area contributed by atoms with Crippen LogP contribution in [-0.4, -0.2) is 56.1 Å². The van der Waals surface area contributed by atoms with Crippen LogP contribution in [0.25, 0.3) is 4.91 Å². The summed E-state index contributed by atoms with van der Waals surface area (Å²) in [5, 5.41) is 0. The minimum absolute atomic E-state index is 0.00932. The highest BCUT2D eigenvalue weighted by atomic mass is 32.2. The van der Waals surface area contributed by atoms with Gasteiger partial charge in [-0.3, -0.25) is 4.79 Å². The average Bonchev–Trinajstić information content (AvgIpc) is 2.89. The second-order valence-electron chi connectivity index (χ2n) is 7.71. The summed E-state index contributed by atoms with van der Waals surface area (Å²) in [6.45, 7) is 6.17. The van der Waals surface area contributed by atoms with Crippen LogP contribution in [0, 0.1) is 6.92 Å². The van der Waals surface area contributed by atoms with Gasteiger partial charge in [0, 0.05) is 37.3 Å². The van der Waals surface area contributed by atoms with Gasteiger partial charge in [-0.25, -0.2) is 0 Å². The second kappa shape index (κ2) is 8.07. The van der Waals surface area contributed by atoms with Gasteiger partial charge in [0.25, 0.3) is 15.9 Å². The van der Waals surface area contributed by atoms with Crippen LogP contribution in [0.4, 0.5) is 0 Å². The molecule has 2 aromatic rings. The monoisotopic (exact) mass is 423 g/mol. The van der Waals surface area contributed by atoms with Crippen molar-refractivity contribution >= 4 is 26.7 Å². The van der Waals surface area contributed by atoms with Gasteiger partial charge in [0.1, 0.15) is 10.7 Å². The molecule has 2 aliphatic rings. The molecule has 30 heavy (non-hydrogen) atoms. The predicted molar refractivity (Wildman–Crippen MR) is 119 cm³/mol. The number of amidine groups is 1. The van der Waals surface area contributed by atoms with E-state index in [2.05, 4.69) is 4.40 Å². The van der Waals surface area contributed by atoms with E-state index < -0.39 is 10.0 Å². The Morgan fingerprint density at radius 2 is 1.60 bits per heavy atom. The van der Waals surface area contributed by atoms with Crippen LogP contribution >= 0.6 is 0 Å². The van der Waals surface area contributed by atoms with Crippen LogP contribution in [0.5, 0.6) is 0 Å². The number of carbonyl (C=O) groups excluding carboxylic acids is 1. The van der Waals surface area contributed by atoms with Crippen LogP contribution in [0.3, 0.4) is 0 Å². The first-order chi connectivity index (χ1) is 14.4. The molecule has 7 heteroatoms. The molecule has 1 fully saturated rings. The number of sulfonamides is 1. The predicted octanol–water partition coefficient (Wildman–Crippen LogP) is 3.32. The van der Waals surface area contributed by atoms with E-state index in [9.17, 15) is 13.2 Å². The first kappa shape index (κ1) is 20.3. The van der Waals surface area contributed by atoms with Crippen molar-refractivity contribution in [2.24, 2.45) is 4.40 Å². The third kappa shape index (κ3) is 3.89. The molecule has 4 rings (SSSR count). The van der Waals surface area contributed by atoms with Gasteiger partial charge < -0.3 is 9.80 Å². The van der Waals surface area contributed by atoms with Gasteiger partial charge in [0.2, 0.25) is 0 Å². The largest absolute Gasteiger partial charge is 0.354 e. The SMILES string of the molecule is CC1=C(c2ccccc2)S(=O)(=O)N=C1N1CCCN(C(=O)c2ccc(C)cc2)CC1. The Hall–Kier alpha value is -2.93. The smallest absolute Gasteiger partial charge is 0.285 e. The zero-order valence-corrected chi connectivity index (χ0v) is 18.0. The number of amides is 1. The first-order valence-electron chi connectivity index (χ1n) is 10.1. The molecule has 1 amide bonds. The maximum Gasteiger partial charge on any atom is 0.285 e. The fourth-order valence-electron chi connectivity index (χ4n) is 3.98. The molecule has 6 nitrogen and oxygen atoms in total. The number of hydrogen-bond donors (Lipinski definition) is 0. The molecular weight excluding hydrogens is 398 g/mol. The van der Waals surface area contributed by atoms with Gasteiger partial charge in [-0.2, -0.15) is 8.42 Å². The zero-order chi connectivity index (χ0) is 21.3. The van der Waals surface area contributed by atoms with Crippen molar-refractivity contribution in [3.63, 3.8) is 0 Å². The molecule has 0 saturated carbocycles. The summed E-state index contributed by atoms with van der Waals surface area (Å²) in [5.74, 6) is 0.508. The maximum absolute atomic E-state index is 12.9. The molecule has 0 aromatic heterocycles. The summed E-state index contributed by atoms with van der Waals surface area (Å²) in [6.07, 6.45) is 0.755. The van der Waals surface area contributed by atoms with Crippen LogP contribution in [-0.2, 0) is 10.0 Å². The quantitative estimate of drug-likeness (QED) is 0.743. The van der Waals surface area contributed by atoms with Crippen molar-refractivity contribution in [3.8, 4) is 0 Å². The number of rotatable bonds is 2. The molecule has 1 saturated heterocycles. The summed E-state index contributed by atoms with van der Waals surface area (Å²) in [7, 11) is -3.73. The Morgan fingerprint density at radius 3 is 2.30 bits per heavy atom. The summed E-state index contributed by atoms with van der Waals surface area (Å²) in [5.41, 5.74) is 3.11. The number of hydrogen-bond acceptors (Lipinski definition) is 4. The van der Waals surface area contributed by atoms with Crippen molar-refractivity contribution < 1.29 is 13.2 Å². The Bertz CT molecular complexity index is 1120. The lowest BCUT2D eigenvalue weighted by Gasteiger charge is -2.24. The number of aryl methyl sites for hydroxylation is 1. The van der Waals surface area contributed by atoms with Gasteiger partial charge in [-0.05, 0) is 38.0 Å². The normalized spacial score (nSPS) is 18.9. The van der Waals surface area contributed by atoms with Crippen molar-refractivity contribution in [3.05, 3.63) is 76.9 Å². The molecule has 156 valence electrons. The lowest BCUT2D eigenvalue weighted by molar-refractivity contribution is 0.0764. The fraction of sp³-hybridized carbons (Fsp3) is 0.304. The maximum atomic E-state index is 12.9. The third-order valence-electron chi connectivity index (χ3n) is 5.56. The minimum Gasteiger partial charge on any atom is -0.354 e. The lowest BCUT2D eigenvalue weighted by atomic mass is 10.1. The van der Waals surface area contributed by atoms with Gasteiger partial charge in [-0.1, -0.05) is 48.0 Å². The van der Waals surface area contributed by atoms with Crippen molar-refractivity contribution in [2.45, 2.75) is 20.3 Å². The summed E-state index contributed by atoms with van der Waals surface area (Å²) in [4.78, 5) is 17.0. The van der Waals surface area contributed by atoms with E-state index in [1.54, 1.807) is 12.1 Å². The van der Waals surface area contributed by atoms with E-state index in [0.717, 1.165) is 12.0 Å².